The molecule has 2 aromatic rings. The maximum absolute atomic E-state index is 11.7. The van der Waals surface area contributed by atoms with Gasteiger partial charge in [0.15, 0.2) is 5.78 Å². The molecule has 0 fully saturated rings. The van der Waals surface area contributed by atoms with Crippen molar-refractivity contribution in [2.45, 2.75) is 6.92 Å². The summed E-state index contributed by atoms with van der Waals surface area (Å²) >= 11 is 1.70. The van der Waals surface area contributed by atoms with E-state index in [2.05, 4.69) is 12.1 Å². The summed E-state index contributed by atoms with van der Waals surface area (Å²) in [7, 11) is 0. The summed E-state index contributed by atoms with van der Waals surface area (Å²) in [6, 6.07) is 6.17. The number of thiophene rings is 1. The lowest BCUT2D eigenvalue weighted by atomic mass is 9.96. The minimum absolute atomic E-state index is 0.146. The molecule has 14 heavy (non-hydrogen) atoms. The number of rotatable bonds is 0. The lowest BCUT2D eigenvalue weighted by Crippen LogP contribution is -1.99. The van der Waals surface area contributed by atoms with Crippen molar-refractivity contribution >= 4 is 33.3 Å². The molecule has 1 aromatic carbocycles. The monoisotopic (exact) mass is 200 g/mol. The van der Waals surface area contributed by atoms with Crippen LogP contribution in [0, 0.1) is 6.92 Å². The SMILES string of the molecule is Cc1sc2cccc3c2c1C(=O)C=C3. The quantitative estimate of drug-likeness (QED) is 0.636. The first-order valence-electron chi connectivity index (χ1n) is 4.52. The number of carbonyl (C=O) groups excluding carboxylic acids is 1. The Morgan fingerprint density at radius 3 is 2.93 bits per heavy atom. The summed E-state index contributed by atoms with van der Waals surface area (Å²) in [5, 5.41) is 1.14. The number of benzene rings is 1. The molecule has 0 aliphatic heterocycles. The van der Waals surface area contributed by atoms with Crippen LogP contribution in [-0.2, 0) is 0 Å². The summed E-state index contributed by atoms with van der Waals surface area (Å²) in [6.45, 7) is 2.01. The predicted molar refractivity (Wildman–Crippen MR) is 59.9 cm³/mol. The van der Waals surface area contributed by atoms with Crippen LogP contribution in [0.15, 0.2) is 24.3 Å². The average molecular weight is 200 g/mol. The summed E-state index contributed by atoms with van der Waals surface area (Å²) in [6.07, 6.45) is 3.57. The van der Waals surface area contributed by atoms with Crippen LogP contribution in [0.3, 0.4) is 0 Å². The van der Waals surface area contributed by atoms with E-state index in [0.29, 0.717) is 0 Å². The molecule has 2 heteroatoms. The van der Waals surface area contributed by atoms with Gasteiger partial charge in [0, 0.05) is 20.5 Å². The second-order valence-electron chi connectivity index (χ2n) is 3.45. The molecule has 0 bridgehead atoms. The molecule has 1 aromatic heterocycles. The molecule has 0 saturated carbocycles. The lowest BCUT2D eigenvalue weighted by Gasteiger charge is -2.05. The van der Waals surface area contributed by atoms with Crippen LogP contribution in [0.2, 0.25) is 0 Å². The molecular weight excluding hydrogens is 192 g/mol. The van der Waals surface area contributed by atoms with Crippen molar-refractivity contribution < 1.29 is 4.79 Å². The molecule has 1 heterocycles. The van der Waals surface area contributed by atoms with Crippen LogP contribution < -0.4 is 0 Å². The van der Waals surface area contributed by atoms with Crippen molar-refractivity contribution in [3.63, 3.8) is 0 Å². The third-order valence-electron chi connectivity index (χ3n) is 2.58. The fourth-order valence-electron chi connectivity index (χ4n) is 1.98. The number of carbonyl (C=O) groups is 1. The zero-order valence-electron chi connectivity index (χ0n) is 7.70. The molecule has 0 spiro atoms. The first-order chi connectivity index (χ1) is 6.77. The second-order valence-corrected chi connectivity index (χ2v) is 4.71. The Labute approximate surface area is 85.7 Å². The average Bonchev–Trinajstić information content (AvgIpc) is 2.51. The van der Waals surface area contributed by atoms with E-state index in [4.69, 9.17) is 0 Å². The number of hydrogen-bond acceptors (Lipinski definition) is 2. The van der Waals surface area contributed by atoms with Crippen molar-refractivity contribution in [2.75, 3.05) is 0 Å². The number of ketones is 1. The van der Waals surface area contributed by atoms with Crippen molar-refractivity contribution in [3.05, 3.63) is 40.3 Å². The number of aryl methyl sites for hydroxylation is 1. The fraction of sp³-hybridized carbons (Fsp3) is 0.0833. The van der Waals surface area contributed by atoms with Gasteiger partial charge in [0.05, 0.1) is 0 Å². The molecule has 1 aliphatic rings. The van der Waals surface area contributed by atoms with Crippen LogP contribution >= 0.6 is 11.3 Å². The van der Waals surface area contributed by atoms with Gasteiger partial charge in [0.2, 0.25) is 0 Å². The molecular formula is C12H8OS. The normalized spacial score (nSPS) is 13.9. The smallest absolute Gasteiger partial charge is 0.187 e. The zero-order chi connectivity index (χ0) is 9.71. The van der Waals surface area contributed by atoms with E-state index in [-0.39, 0.29) is 5.78 Å². The van der Waals surface area contributed by atoms with Gasteiger partial charge < -0.3 is 0 Å². The third kappa shape index (κ3) is 0.863. The largest absolute Gasteiger partial charge is 0.289 e. The first-order valence-corrected chi connectivity index (χ1v) is 5.33. The van der Waals surface area contributed by atoms with Crippen LogP contribution in [0.25, 0.3) is 16.2 Å². The van der Waals surface area contributed by atoms with E-state index in [0.717, 1.165) is 15.8 Å². The summed E-state index contributed by atoms with van der Waals surface area (Å²) < 4.78 is 1.22. The van der Waals surface area contributed by atoms with Gasteiger partial charge in [0.1, 0.15) is 0 Å². The van der Waals surface area contributed by atoms with Gasteiger partial charge in [-0.2, -0.15) is 0 Å². The zero-order valence-corrected chi connectivity index (χ0v) is 8.52. The van der Waals surface area contributed by atoms with Gasteiger partial charge in [-0.25, -0.2) is 0 Å². The van der Waals surface area contributed by atoms with Crippen LogP contribution in [0.4, 0.5) is 0 Å². The minimum atomic E-state index is 0.146. The predicted octanol–water partition coefficient (Wildman–Crippen LogP) is 3.42. The molecule has 0 unspecified atom stereocenters. The fourth-order valence-corrected chi connectivity index (χ4v) is 3.08. The Bertz CT molecular complexity index is 575. The van der Waals surface area contributed by atoms with Crippen LogP contribution in [-0.4, -0.2) is 5.78 Å². The van der Waals surface area contributed by atoms with E-state index < -0.39 is 0 Å². The van der Waals surface area contributed by atoms with E-state index in [1.807, 2.05) is 19.1 Å². The van der Waals surface area contributed by atoms with Crippen molar-refractivity contribution in [2.24, 2.45) is 0 Å². The van der Waals surface area contributed by atoms with E-state index in [1.165, 1.54) is 10.3 Å². The Hall–Kier alpha value is -1.41. The van der Waals surface area contributed by atoms with Crippen molar-refractivity contribution in [3.8, 4) is 0 Å². The van der Waals surface area contributed by atoms with Gasteiger partial charge >= 0.3 is 0 Å². The molecule has 3 rings (SSSR count). The molecule has 1 aliphatic carbocycles. The van der Waals surface area contributed by atoms with Crippen molar-refractivity contribution in [1.29, 1.82) is 0 Å². The molecule has 0 saturated heterocycles. The van der Waals surface area contributed by atoms with Crippen molar-refractivity contribution in [1.82, 2.24) is 0 Å². The molecule has 0 atom stereocenters. The van der Waals surface area contributed by atoms with Gasteiger partial charge in [-0.05, 0) is 24.6 Å². The van der Waals surface area contributed by atoms with Gasteiger partial charge in [-0.1, -0.05) is 18.2 Å². The second kappa shape index (κ2) is 2.55. The molecule has 68 valence electrons. The van der Waals surface area contributed by atoms with E-state index in [1.54, 1.807) is 17.4 Å². The molecule has 0 radical (unpaired) electrons. The Morgan fingerprint density at radius 2 is 2.07 bits per heavy atom. The molecule has 1 nitrogen and oxygen atoms in total. The highest BCUT2D eigenvalue weighted by molar-refractivity contribution is 7.19. The van der Waals surface area contributed by atoms with Gasteiger partial charge in [-0.3, -0.25) is 4.79 Å². The third-order valence-corrected chi connectivity index (χ3v) is 3.65. The summed E-state index contributed by atoms with van der Waals surface area (Å²) in [5.74, 6) is 0.146. The van der Waals surface area contributed by atoms with Crippen LogP contribution in [0.1, 0.15) is 20.8 Å². The Kier molecular flexibility index (Phi) is 1.45. The maximum Gasteiger partial charge on any atom is 0.187 e. The van der Waals surface area contributed by atoms with Crippen LogP contribution in [0.5, 0.6) is 0 Å². The number of hydrogen-bond donors (Lipinski definition) is 0. The topological polar surface area (TPSA) is 17.1 Å². The maximum atomic E-state index is 11.7. The van der Waals surface area contributed by atoms with E-state index in [9.17, 15) is 4.79 Å². The Morgan fingerprint density at radius 1 is 1.21 bits per heavy atom. The highest BCUT2D eigenvalue weighted by atomic mass is 32.1. The Balaban J connectivity index is 2.59. The highest BCUT2D eigenvalue weighted by Gasteiger charge is 2.19. The molecule has 0 N–H and O–H groups in total. The first kappa shape index (κ1) is 7.94. The number of allylic oxidation sites excluding steroid dienone is 1. The minimum Gasteiger partial charge on any atom is -0.289 e. The van der Waals surface area contributed by atoms with Gasteiger partial charge in [0.25, 0.3) is 0 Å². The highest BCUT2D eigenvalue weighted by Crippen LogP contribution is 2.36. The van der Waals surface area contributed by atoms with Gasteiger partial charge in [-0.15, -0.1) is 11.3 Å². The summed E-state index contributed by atoms with van der Waals surface area (Å²) in [4.78, 5) is 12.8. The standard InChI is InChI=1S/C12H8OS/c1-7-11-9(13)6-5-8-3-2-4-10(14-7)12(8)11/h2-6H,1H3. The van der Waals surface area contributed by atoms with E-state index >= 15 is 0 Å². The molecule has 0 amide bonds. The lowest BCUT2D eigenvalue weighted by molar-refractivity contribution is 0.104. The summed E-state index contributed by atoms with van der Waals surface area (Å²) in [5.41, 5.74) is 2.07.